The third kappa shape index (κ3) is 3.70. The quantitative estimate of drug-likeness (QED) is 0.313. The van der Waals surface area contributed by atoms with Crippen molar-refractivity contribution in [3.63, 3.8) is 0 Å². The second kappa shape index (κ2) is 8.11. The van der Waals surface area contributed by atoms with Crippen molar-refractivity contribution < 1.29 is 54.8 Å². The van der Waals surface area contributed by atoms with Crippen LogP contribution in [0.5, 0.6) is 28.7 Å². The van der Waals surface area contributed by atoms with E-state index in [0.717, 1.165) is 18.2 Å². The number of hydrogen-bond acceptors (Lipinski definition) is 11. The highest BCUT2D eigenvalue weighted by atomic mass is 16.7. The number of aliphatic hydroxyl groups is 3. The first-order valence-electron chi connectivity index (χ1n) is 9.72. The largest absolute Gasteiger partial charge is 0.508 e. The van der Waals surface area contributed by atoms with Gasteiger partial charge < -0.3 is 50.0 Å². The van der Waals surface area contributed by atoms with Crippen LogP contribution in [0.25, 0.3) is 0 Å². The Kier molecular flexibility index (Phi) is 5.61. The van der Waals surface area contributed by atoms with Gasteiger partial charge in [0.2, 0.25) is 5.78 Å². The molecule has 0 aromatic heterocycles. The van der Waals surface area contributed by atoms with E-state index in [-0.39, 0.29) is 22.6 Å². The first-order valence-corrected chi connectivity index (χ1v) is 9.72. The lowest BCUT2D eigenvalue weighted by Crippen LogP contribution is -2.59. The van der Waals surface area contributed by atoms with Gasteiger partial charge >= 0.3 is 0 Å². The van der Waals surface area contributed by atoms with Gasteiger partial charge in [0.25, 0.3) is 0 Å². The van der Waals surface area contributed by atoms with Crippen LogP contribution in [0, 0.1) is 0 Å². The molecule has 172 valence electrons. The third-order valence-electron chi connectivity index (χ3n) is 5.52. The van der Waals surface area contributed by atoms with Crippen LogP contribution in [0.3, 0.4) is 0 Å². The first-order chi connectivity index (χ1) is 15.1. The summed E-state index contributed by atoms with van der Waals surface area (Å²) in [6.07, 6.45) is -10.0. The highest BCUT2D eigenvalue weighted by Gasteiger charge is 2.48. The maximum atomic E-state index is 13.3. The number of phenols is 4. The second-order valence-electron chi connectivity index (χ2n) is 7.73. The van der Waals surface area contributed by atoms with E-state index in [4.69, 9.17) is 14.2 Å². The zero-order valence-corrected chi connectivity index (χ0v) is 16.7. The smallest absolute Gasteiger partial charge is 0.203 e. The van der Waals surface area contributed by atoms with Crippen molar-refractivity contribution >= 4 is 5.78 Å². The number of ketones is 1. The number of aromatic hydroxyl groups is 4. The first kappa shape index (κ1) is 22.1. The van der Waals surface area contributed by atoms with E-state index >= 15 is 0 Å². The molecule has 4 rings (SSSR count). The van der Waals surface area contributed by atoms with E-state index in [2.05, 4.69) is 0 Å². The van der Waals surface area contributed by atoms with E-state index in [1.165, 1.54) is 19.1 Å². The Hall–Kier alpha value is -3.09. The molecule has 2 aliphatic heterocycles. The van der Waals surface area contributed by atoms with Crippen LogP contribution < -0.4 is 4.74 Å². The Bertz CT molecular complexity index is 1040. The minimum absolute atomic E-state index is 0.154. The molecule has 2 heterocycles. The van der Waals surface area contributed by atoms with Crippen molar-refractivity contribution in [1.29, 1.82) is 0 Å². The van der Waals surface area contributed by atoms with Crippen molar-refractivity contribution in [2.24, 2.45) is 0 Å². The third-order valence-corrected chi connectivity index (χ3v) is 5.52. The van der Waals surface area contributed by atoms with E-state index in [0.29, 0.717) is 0 Å². The van der Waals surface area contributed by atoms with Gasteiger partial charge in [-0.15, -0.1) is 0 Å². The Morgan fingerprint density at radius 1 is 0.875 bits per heavy atom. The SMILES string of the molecule is C[C@H]1OC(OC2C(=O)c3c(O)cc(O)cc3OC2c2ccc(O)c(O)c2)[C@@H](O)[C@@H](O)[C@@H]1O. The number of benzene rings is 2. The number of Topliss-reactive ketones (excluding diaryl/α,β-unsaturated/α-hetero) is 1. The van der Waals surface area contributed by atoms with Gasteiger partial charge in [-0.2, -0.15) is 0 Å². The molecule has 11 nitrogen and oxygen atoms in total. The van der Waals surface area contributed by atoms with Crippen LogP contribution in [-0.2, 0) is 9.47 Å². The average Bonchev–Trinajstić information content (AvgIpc) is 2.73. The van der Waals surface area contributed by atoms with Gasteiger partial charge in [-0.3, -0.25) is 4.79 Å². The Balaban J connectivity index is 1.75. The molecule has 2 aliphatic rings. The highest BCUT2D eigenvalue weighted by Crippen LogP contribution is 2.44. The van der Waals surface area contributed by atoms with Gasteiger partial charge in [0, 0.05) is 12.1 Å². The van der Waals surface area contributed by atoms with E-state index in [1.54, 1.807) is 0 Å². The Morgan fingerprint density at radius 3 is 2.28 bits per heavy atom. The normalized spacial score (nSPS) is 32.2. The number of carbonyl (C=O) groups excluding carboxylic acids is 1. The zero-order chi connectivity index (χ0) is 23.3. The standard InChI is InChI=1S/C21H22O11/c1-7-15(26)17(28)18(29)21(30-7)32-20-16(27)14-12(25)5-9(22)6-13(14)31-19(20)8-2-3-10(23)11(24)4-8/h2-7,15,17-26,28-29H,1H3/t7-,15-,17+,18+,19?,20?,21?/m1/s1. The van der Waals surface area contributed by atoms with Gasteiger partial charge in [0.05, 0.1) is 6.10 Å². The van der Waals surface area contributed by atoms with Crippen molar-refractivity contribution in [2.75, 3.05) is 0 Å². The van der Waals surface area contributed by atoms with E-state index in [1.807, 2.05) is 0 Å². The number of rotatable bonds is 3. The van der Waals surface area contributed by atoms with Gasteiger partial charge in [-0.05, 0) is 24.6 Å². The fraction of sp³-hybridized carbons (Fsp3) is 0.381. The minimum Gasteiger partial charge on any atom is -0.508 e. The molecule has 1 fully saturated rings. The van der Waals surface area contributed by atoms with Crippen LogP contribution >= 0.6 is 0 Å². The molecule has 0 radical (unpaired) electrons. The number of hydrogen-bond donors (Lipinski definition) is 7. The molecule has 2 aromatic rings. The number of ether oxygens (including phenoxy) is 3. The molecule has 1 saturated heterocycles. The molecule has 0 bridgehead atoms. The van der Waals surface area contributed by atoms with E-state index in [9.17, 15) is 40.5 Å². The molecule has 3 unspecified atom stereocenters. The molecular formula is C21H22O11. The molecule has 0 saturated carbocycles. The average molecular weight is 450 g/mol. The lowest BCUT2D eigenvalue weighted by Gasteiger charge is -2.42. The Labute approximate surface area is 181 Å². The molecule has 0 spiro atoms. The fourth-order valence-corrected chi connectivity index (χ4v) is 3.77. The van der Waals surface area contributed by atoms with Crippen LogP contribution in [-0.4, -0.2) is 78.3 Å². The van der Waals surface area contributed by atoms with Gasteiger partial charge in [-0.1, -0.05) is 6.07 Å². The summed E-state index contributed by atoms with van der Waals surface area (Å²) in [5, 5.41) is 69.7. The van der Waals surface area contributed by atoms with Crippen LogP contribution in [0.1, 0.15) is 28.9 Å². The fourth-order valence-electron chi connectivity index (χ4n) is 3.77. The van der Waals surface area contributed by atoms with Gasteiger partial charge in [-0.25, -0.2) is 0 Å². The molecule has 11 heteroatoms. The summed E-state index contributed by atoms with van der Waals surface area (Å²) in [4.78, 5) is 13.3. The molecule has 0 amide bonds. The summed E-state index contributed by atoms with van der Waals surface area (Å²) in [6.45, 7) is 1.44. The number of aliphatic hydroxyl groups excluding tert-OH is 3. The van der Waals surface area contributed by atoms with Crippen molar-refractivity contribution in [1.82, 2.24) is 0 Å². The lowest BCUT2D eigenvalue weighted by atomic mass is 9.92. The number of phenolic OH excluding ortho intramolecular Hbond substituents is 4. The summed E-state index contributed by atoms with van der Waals surface area (Å²) in [6, 6.07) is 5.72. The number of carbonyl (C=O) groups is 1. The molecule has 32 heavy (non-hydrogen) atoms. The number of fused-ring (bicyclic) bond motifs is 1. The topological polar surface area (TPSA) is 186 Å². The second-order valence-corrected chi connectivity index (χ2v) is 7.73. The zero-order valence-electron chi connectivity index (χ0n) is 16.7. The van der Waals surface area contributed by atoms with Crippen LogP contribution in [0.15, 0.2) is 30.3 Å². The summed E-state index contributed by atoms with van der Waals surface area (Å²) in [5.74, 6) is -2.79. The van der Waals surface area contributed by atoms with Crippen LogP contribution in [0.2, 0.25) is 0 Å². The monoisotopic (exact) mass is 450 g/mol. The van der Waals surface area contributed by atoms with E-state index < -0.39 is 65.9 Å². The maximum Gasteiger partial charge on any atom is 0.203 e. The molecule has 7 N–H and O–H groups in total. The summed E-state index contributed by atoms with van der Waals surface area (Å²) in [5.41, 5.74) is -0.1000. The molecule has 7 atom stereocenters. The van der Waals surface area contributed by atoms with Crippen molar-refractivity contribution in [2.45, 2.75) is 49.8 Å². The molecule has 0 aliphatic carbocycles. The predicted molar refractivity (Wildman–Crippen MR) is 104 cm³/mol. The highest BCUT2D eigenvalue weighted by molar-refractivity contribution is 6.05. The van der Waals surface area contributed by atoms with Crippen molar-refractivity contribution in [3.8, 4) is 28.7 Å². The van der Waals surface area contributed by atoms with Crippen molar-refractivity contribution in [3.05, 3.63) is 41.5 Å². The Morgan fingerprint density at radius 2 is 1.59 bits per heavy atom. The molecular weight excluding hydrogens is 428 g/mol. The van der Waals surface area contributed by atoms with Crippen LogP contribution in [0.4, 0.5) is 0 Å². The summed E-state index contributed by atoms with van der Waals surface area (Å²) < 4.78 is 16.9. The van der Waals surface area contributed by atoms with Gasteiger partial charge in [0.1, 0.15) is 41.1 Å². The lowest BCUT2D eigenvalue weighted by molar-refractivity contribution is -0.304. The predicted octanol–water partition coefficient (Wildman–Crippen LogP) is 0.0381. The minimum atomic E-state index is -1.71. The summed E-state index contributed by atoms with van der Waals surface area (Å²) in [7, 11) is 0. The van der Waals surface area contributed by atoms with Gasteiger partial charge in [0.15, 0.2) is 30.0 Å². The molecule has 2 aromatic carbocycles. The summed E-state index contributed by atoms with van der Waals surface area (Å²) >= 11 is 0. The maximum absolute atomic E-state index is 13.3.